The monoisotopic (exact) mass is 282 g/mol. The summed E-state index contributed by atoms with van der Waals surface area (Å²) in [6.45, 7) is 3.67. The van der Waals surface area contributed by atoms with Crippen LogP contribution in [0.5, 0.6) is 5.75 Å². The van der Waals surface area contributed by atoms with E-state index < -0.39 is 0 Å². The summed E-state index contributed by atoms with van der Waals surface area (Å²) in [7, 11) is 0. The van der Waals surface area contributed by atoms with Gasteiger partial charge in [0.2, 0.25) is 5.88 Å². The molecule has 2 aromatic rings. The van der Waals surface area contributed by atoms with Crippen LogP contribution in [0.15, 0.2) is 21.1 Å². The van der Waals surface area contributed by atoms with E-state index in [-0.39, 0.29) is 11.6 Å². The molecule has 0 amide bonds. The number of hydrogen-bond acceptors (Lipinski definition) is 4. The van der Waals surface area contributed by atoms with E-state index in [4.69, 9.17) is 10.3 Å². The van der Waals surface area contributed by atoms with Gasteiger partial charge in [-0.3, -0.25) is 0 Å². The Kier molecular flexibility index (Phi) is 2.63. The fourth-order valence-corrected chi connectivity index (χ4v) is 2.49. The van der Waals surface area contributed by atoms with Crippen molar-refractivity contribution < 1.29 is 9.63 Å². The number of anilines is 1. The Morgan fingerprint density at radius 2 is 2.06 bits per heavy atom. The molecule has 2 rings (SSSR count). The Bertz CT molecular complexity index is 549. The molecule has 0 aliphatic heterocycles. The molecule has 0 unspecified atom stereocenters. The Morgan fingerprint density at radius 1 is 1.38 bits per heavy atom. The van der Waals surface area contributed by atoms with Crippen molar-refractivity contribution in [2.75, 3.05) is 5.73 Å². The maximum atomic E-state index is 9.87. The van der Waals surface area contributed by atoms with E-state index in [0.717, 1.165) is 21.2 Å². The first-order chi connectivity index (χ1) is 7.50. The third kappa shape index (κ3) is 1.67. The molecule has 1 heterocycles. The number of nitrogen functional groups attached to an aromatic ring is 1. The number of aromatic nitrogens is 1. The highest BCUT2D eigenvalue weighted by Gasteiger charge is 2.15. The van der Waals surface area contributed by atoms with Gasteiger partial charge < -0.3 is 15.4 Å². The number of phenolic OH excluding ortho intramolecular Hbond substituents is 1. The van der Waals surface area contributed by atoms with E-state index in [1.807, 2.05) is 19.9 Å². The second-order valence-corrected chi connectivity index (χ2v) is 4.49. The molecule has 0 aliphatic rings. The largest absolute Gasteiger partial charge is 0.507 e. The topological polar surface area (TPSA) is 72.3 Å². The summed E-state index contributed by atoms with van der Waals surface area (Å²) >= 11 is 3.44. The van der Waals surface area contributed by atoms with Gasteiger partial charge in [-0.1, -0.05) is 21.1 Å². The number of phenols is 1. The fraction of sp³-hybridized carbons (Fsp3) is 0.182. The first kappa shape index (κ1) is 11.0. The van der Waals surface area contributed by atoms with E-state index >= 15 is 0 Å². The molecular weight excluding hydrogens is 272 g/mol. The van der Waals surface area contributed by atoms with Crippen LogP contribution in [0.2, 0.25) is 0 Å². The number of benzene rings is 1. The van der Waals surface area contributed by atoms with Crippen LogP contribution in [0.25, 0.3) is 11.3 Å². The second kappa shape index (κ2) is 3.83. The molecule has 0 saturated heterocycles. The molecule has 3 N–H and O–H groups in total. The molecule has 84 valence electrons. The molecule has 0 bridgehead atoms. The molecule has 1 aromatic heterocycles. The third-order valence-electron chi connectivity index (χ3n) is 2.47. The van der Waals surface area contributed by atoms with Gasteiger partial charge in [0, 0.05) is 21.7 Å². The lowest BCUT2D eigenvalue weighted by molar-refractivity contribution is 0.439. The summed E-state index contributed by atoms with van der Waals surface area (Å²) < 4.78 is 5.68. The van der Waals surface area contributed by atoms with E-state index in [2.05, 4.69) is 21.1 Å². The number of halogens is 1. The minimum atomic E-state index is 0.251. The zero-order chi connectivity index (χ0) is 11.9. The summed E-state index contributed by atoms with van der Waals surface area (Å²) in [5.41, 5.74) is 8.44. The predicted molar refractivity (Wildman–Crippen MR) is 65.2 cm³/mol. The molecule has 1 aromatic carbocycles. The lowest BCUT2D eigenvalue weighted by Gasteiger charge is -2.10. The van der Waals surface area contributed by atoms with Gasteiger partial charge in [0.15, 0.2) is 0 Å². The van der Waals surface area contributed by atoms with Crippen molar-refractivity contribution in [1.82, 2.24) is 5.16 Å². The smallest absolute Gasteiger partial charge is 0.222 e. The number of nitrogens with zero attached hydrogens (tertiary/aromatic N) is 1. The van der Waals surface area contributed by atoms with Crippen molar-refractivity contribution in [2.24, 2.45) is 0 Å². The highest BCUT2D eigenvalue weighted by molar-refractivity contribution is 9.10. The van der Waals surface area contributed by atoms with E-state index in [1.165, 1.54) is 0 Å². The number of rotatable bonds is 1. The van der Waals surface area contributed by atoms with Crippen molar-refractivity contribution in [3.8, 4) is 17.0 Å². The molecule has 0 radical (unpaired) electrons. The molecule has 16 heavy (non-hydrogen) atoms. The van der Waals surface area contributed by atoms with Crippen LogP contribution >= 0.6 is 15.9 Å². The standard InChI is InChI=1S/C11H11BrN2O2/c1-5-3-7(12)10(6(2)11(5)15)8-4-9(13)16-14-8/h3-4,15H,13H2,1-2H3. The van der Waals surface area contributed by atoms with Crippen molar-refractivity contribution in [3.63, 3.8) is 0 Å². The van der Waals surface area contributed by atoms with Crippen LogP contribution in [0, 0.1) is 13.8 Å². The molecule has 4 nitrogen and oxygen atoms in total. The normalized spacial score (nSPS) is 10.7. The number of aryl methyl sites for hydroxylation is 1. The summed E-state index contributed by atoms with van der Waals surface area (Å²) in [6, 6.07) is 3.46. The second-order valence-electron chi connectivity index (χ2n) is 3.64. The number of aromatic hydroxyl groups is 1. The first-order valence-electron chi connectivity index (χ1n) is 4.72. The highest BCUT2D eigenvalue weighted by atomic mass is 79.9. The first-order valence-corrected chi connectivity index (χ1v) is 5.51. The Labute approximate surface area is 101 Å². The minimum absolute atomic E-state index is 0.251. The lowest BCUT2D eigenvalue weighted by Crippen LogP contribution is -1.89. The van der Waals surface area contributed by atoms with Crippen LogP contribution < -0.4 is 5.73 Å². The molecule has 0 saturated carbocycles. The Hall–Kier alpha value is -1.49. The molecule has 0 fully saturated rings. The number of hydrogen-bond donors (Lipinski definition) is 2. The molecule has 0 spiro atoms. The fourth-order valence-electron chi connectivity index (χ4n) is 1.65. The number of nitrogens with two attached hydrogens (primary N) is 1. The van der Waals surface area contributed by atoms with E-state index in [0.29, 0.717) is 5.69 Å². The molecule has 0 atom stereocenters. The predicted octanol–water partition coefficient (Wildman–Crippen LogP) is 3.01. The summed E-state index contributed by atoms with van der Waals surface area (Å²) in [5.74, 6) is 0.515. The van der Waals surface area contributed by atoms with Gasteiger partial charge in [-0.25, -0.2) is 0 Å². The van der Waals surface area contributed by atoms with E-state index in [9.17, 15) is 5.11 Å². The van der Waals surface area contributed by atoms with Gasteiger partial charge in [-0.15, -0.1) is 0 Å². The Morgan fingerprint density at radius 3 is 2.62 bits per heavy atom. The summed E-state index contributed by atoms with van der Waals surface area (Å²) in [4.78, 5) is 0. The van der Waals surface area contributed by atoms with Crippen LogP contribution in [0.1, 0.15) is 11.1 Å². The summed E-state index contributed by atoms with van der Waals surface area (Å²) in [6.07, 6.45) is 0. The van der Waals surface area contributed by atoms with Crippen LogP contribution in [0.3, 0.4) is 0 Å². The summed E-state index contributed by atoms with van der Waals surface area (Å²) in [5, 5.41) is 13.7. The average molecular weight is 283 g/mol. The van der Waals surface area contributed by atoms with Crippen LogP contribution in [-0.4, -0.2) is 10.3 Å². The molecule has 0 aliphatic carbocycles. The lowest BCUT2D eigenvalue weighted by atomic mass is 10.0. The quantitative estimate of drug-likeness (QED) is 0.843. The maximum Gasteiger partial charge on any atom is 0.222 e. The van der Waals surface area contributed by atoms with Crippen molar-refractivity contribution in [2.45, 2.75) is 13.8 Å². The maximum absolute atomic E-state index is 9.87. The van der Waals surface area contributed by atoms with Gasteiger partial charge >= 0.3 is 0 Å². The van der Waals surface area contributed by atoms with Gasteiger partial charge in [0.1, 0.15) is 11.4 Å². The SMILES string of the molecule is Cc1cc(Br)c(-c2cc(N)on2)c(C)c1O. The van der Waals surface area contributed by atoms with Crippen LogP contribution in [0.4, 0.5) is 5.88 Å². The molecular formula is C11H11BrN2O2. The van der Waals surface area contributed by atoms with Gasteiger partial charge in [-0.05, 0) is 25.5 Å². The van der Waals surface area contributed by atoms with Gasteiger partial charge in [-0.2, -0.15) is 0 Å². The van der Waals surface area contributed by atoms with Gasteiger partial charge in [0.05, 0.1) is 0 Å². The van der Waals surface area contributed by atoms with Crippen molar-refractivity contribution >= 4 is 21.8 Å². The van der Waals surface area contributed by atoms with Gasteiger partial charge in [0.25, 0.3) is 0 Å². The molecule has 5 heteroatoms. The zero-order valence-corrected chi connectivity index (χ0v) is 10.5. The Balaban J connectivity index is 2.70. The van der Waals surface area contributed by atoms with Crippen molar-refractivity contribution in [1.29, 1.82) is 0 Å². The van der Waals surface area contributed by atoms with E-state index in [1.54, 1.807) is 6.07 Å². The minimum Gasteiger partial charge on any atom is -0.507 e. The third-order valence-corrected chi connectivity index (χ3v) is 3.10. The highest BCUT2D eigenvalue weighted by Crippen LogP contribution is 2.38. The zero-order valence-electron chi connectivity index (χ0n) is 8.91. The van der Waals surface area contributed by atoms with Crippen LogP contribution in [-0.2, 0) is 0 Å². The average Bonchev–Trinajstić information content (AvgIpc) is 2.61. The van der Waals surface area contributed by atoms with Crippen molar-refractivity contribution in [3.05, 3.63) is 27.7 Å².